The fourth-order valence-electron chi connectivity index (χ4n) is 2.87. The second-order valence-corrected chi connectivity index (χ2v) is 7.79. The van der Waals surface area contributed by atoms with E-state index in [2.05, 4.69) is 0 Å². The largest absolute Gasteiger partial charge is 0.396 e. The zero-order valence-electron chi connectivity index (χ0n) is 11.2. The maximum absolute atomic E-state index is 12.7. The molecule has 0 spiro atoms. The molecule has 3 atom stereocenters. The van der Waals surface area contributed by atoms with Crippen LogP contribution >= 0.6 is 11.6 Å². The zero-order chi connectivity index (χ0) is 15.0. The van der Waals surface area contributed by atoms with Crippen LogP contribution in [0.4, 0.5) is 0 Å². The Morgan fingerprint density at radius 2 is 1.62 bits per heavy atom. The summed E-state index contributed by atoms with van der Waals surface area (Å²) in [6.45, 7) is -0.135. The van der Waals surface area contributed by atoms with E-state index in [1.54, 1.807) is 42.5 Å². The van der Waals surface area contributed by atoms with Gasteiger partial charge in [-0.05, 0) is 29.8 Å². The van der Waals surface area contributed by atoms with Crippen LogP contribution in [0.25, 0.3) is 0 Å². The standard InChI is InChI=1S/C16H15ClO3S/c17-12-8-6-11(7-9-12)15-14(10-18)16(15)21(19,20)13-4-2-1-3-5-13/h1-9,14-16,18H,10H2/t14-,15-,16-/m1/s1. The van der Waals surface area contributed by atoms with Crippen molar-refractivity contribution in [1.29, 1.82) is 0 Å². The van der Waals surface area contributed by atoms with Crippen LogP contribution < -0.4 is 0 Å². The van der Waals surface area contributed by atoms with Crippen molar-refractivity contribution < 1.29 is 13.5 Å². The Balaban J connectivity index is 1.94. The van der Waals surface area contributed by atoms with Gasteiger partial charge in [-0.15, -0.1) is 0 Å². The first kappa shape index (κ1) is 14.6. The van der Waals surface area contributed by atoms with Crippen molar-refractivity contribution in [2.45, 2.75) is 16.1 Å². The molecule has 0 bridgehead atoms. The fourth-order valence-corrected chi connectivity index (χ4v) is 5.22. The van der Waals surface area contributed by atoms with Gasteiger partial charge in [-0.2, -0.15) is 0 Å². The molecule has 21 heavy (non-hydrogen) atoms. The van der Waals surface area contributed by atoms with E-state index in [-0.39, 0.29) is 18.4 Å². The van der Waals surface area contributed by atoms with Crippen molar-refractivity contribution in [2.75, 3.05) is 6.61 Å². The topological polar surface area (TPSA) is 54.4 Å². The first-order valence-electron chi connectivity index (χ1n) is 6.71. The molecular weight excluding hydrogens is 308 g/mol. The molecule has 2 aromatic carbocycles. The highest BCUT2D eigenvalue weighted by molar-refractivity contribution is 7.92. The molecule has 3 nitrogen and oxygen atoms in total. The van der Waals surface area contributed by atoms with E-state index in [4.69, 9.17) is 11.6 Å². The van der Waals surface area contributed by atoms with Gasteiger partial charge in [0, 0.05) is 23.5 Å². The highest BCUT2D eigenvalue weighted by Crippen LogP contribution is 2.53. The van der Waals surface area contributed by atoms with Crippen molar-refractivity contribution in [1.82, 2.24) is 0 Å². The molecule has 0 saturated heterocycles. The third kappa shape index (κ3) is 2.59. The van der Waals surface area contributed by atoms with E-state index in [0.717, 1.165) is 5.56 Å². The molecule has 3 rings (SSSR count). The summed E-state index contributed by atoms with van der Waals surface area (Å²) in [5.41, 5.74) is 0.906. The second kappa shape index (κ2) is 5.44. The monoisotopic (exact) mass is 322 g/mol. The van der Waals surface area contributed by atoms with E-state index in [0.29, 0.717) is 9.92 Å². The smallest absolute Gasteiger partial charge is 0.182 e. The molecule has 2 aromatic rings. The van der Waals surface area contributed by atoms with E-state index in [9.17, 15) is 13.5 Å². The average Bonchev–Trinajstić information content (AvgIpc) is 3.24. The van der Waals surface area contributed by atoms with Crippen LogP contribution in [0.3, 0.4) is 0 Å². The molecule has 0 radical (unpaired) electrons. The van der Waals surface area contributed by atoms with Gasteiger partial charge in [-0.25, -0.2) is 8.42 Å². The van der Waals surface area contributed by atoms with Crippen LogP contribution in [0.2, 0.25) is 5.02 Å². The van der Waals surface area contributed by atoms with Gasteiger partial charge in [-0.3, -0.25) is 0 Å². The third-order valence-corrected chi connectivity index (χ3v) is 6.53. The van der Waals surface area contributed by atoms with Crippen LogP contribution in [0, 0.1) is 5.92 Å². The van der Waals surface area contributed by atoms with Crippen LogP contribution in [0.1, 0.15) is 11.5 Å². The number of halogens is 1. The molecular formula is C16H15ClO3S. The zero-order valence-corrected chi connectivity index (χ0v) is 12.8. The summed E-state index contributed by atoms with van der Waals surface area (Å²) in [6.07, 6.45) is 0. The van der Waals surface area contributed by atoms with E-state index < -0.39 is 15.1 Å². The Morgan fingerprint density at radius 1 is 1.00 bits per heavy atom. The lowest BCUT2D eigenvalue weighted by Gasteiger charge is -2.04. The summed E-state index contributed by atoms with van der Waals surface area (Å²) in [6, 6.07) is 15.5. The van der Waals surface area contributed by atoms with Crippen LogP contribution in [0.5, 0.6) is 0 Å². The maximum atomic E-state index is 12.7. The number of aliphatic hydroxyl groups is 1. The van der Waals surface area contributed by atoms with Crippen LogP contribution in [0.15, 0.2) is 59.5 Å². The highest BCUT2D eigenvalue weighted by atomic mass is 35.5. The molecule has 0 aromatic heterocycles. The average molecular weight is 323 g/mol. The number of hydrogen-bond acceptors (Lipinski definition) is 3. The van der Waals surface area contributed by atoms with Gasteiger partial charge in [0.15, 0.2) is 9.84 Å². The molecule has 1 fully saturated rings. The first-order valence-corrected chi connectivity index (χ1v) is 8.63. The maximum Gasteiger partial charge on any atom is 0.182 e. The van der Waals surface area contributed by atoms with E-state index >= 15 is 0 Å². The fraction of sp³-hybridized carbons (Fsp3) is 0.250. The van der Waals surface area contributed by atoms with Gasteiger partial charge in [-0.1, -0.05) is 41.9 Å². The third-order valence-electron chi connectivity index (χ3n) is 3.99. The second-order valence-electron chi connectivity index (χ2n) is 5.25. The van der Waals surface area contributed by atoms with Crippen molar-refractivity contribution in [3.8, 4) is 0 Å². The lowest BCUT2D eigenvalue weighted by Crippen LogP contribution is -2.11. The highest BCUT2D eigenvalue weighted by Gasteiger charge is 2.58. The Hall–Kier alpha value is -1.36. The number of sulfone groups is 1. The Bertz CT molecular complexity index is 726. The predicted molar refractivity (Wildman–Crippen MR) is 82.2 cm³/mol. The molecule has 1 aliphatic carbocycles. The molecule has 0 aliphatic heterocycles. The quantitative estimate of drug-likeness (QED) is 0.941. The molecule has 0 amide bonds. The molecule has 110 valence electrons. The normalized spacial score (nSPS) is 24.8. The summed E-state index contributed by atoms with van der Waals surface area (Å²) in [7, 11) is -3.43. The number of benzene rings is 2. The first-order chi connectivity index (χ1) is 10.1. The molecule has 0 unspecified atom stereocenters. The van der Waals surface area contributed by atoms with Crippen LogP contribution in [-0.2, 0) is 9.84 Å². The van der Waals surface area contributed by atoms with Gasteiger partial charge in [0.2, 0.25) is 0 Å². The lowest BCUT2D eigenvalue weighted by atomic mass is 10.1. The predicted octanol–water partition coefficient (Wildman–Crippen LogP) is 2.89. The number of hydrogen-bond donors (Lipinski definition) is 1. The number of aliphatic hydroxyl groups excluding tert-OH is 1. The molecule has 1 saturated carbocycles. The summed E-state index contributed by atoms with van der Waals surface area (Å²) in [5.74, 6) is -0.422. The molecule has 5 heteroatoms. The molecule has 1 aliphatic rings. The Morgan fingerprint density at radius 3 is 2.19 bits per heavy atom. The summed E-state index contributed by atoms with van der Waals surface area (Å²) >= 11 is 5.86. The van der Waals surface area contributed by atoms with Gasteiger partial charge < -0.3 is 5.11 Å². The minimum Gasteiger partial charge on any atom is -0.396 e. The molecule has 1 N–H and O–H groups in total. The van der Waals surface area contributed by atoms with Crippen molar-refractivity contribution >= 4 is 21.4 Å². The summed E-state index contributed by atoms with van der Waals surface area (Å²) in [5, 5.41) is 9.53. The lowest BCUT2D eigenvalue weighted by molar-refractivity contribution is 0.274. The van der Waals surface area contributed by atoms with Gasteiger partial charge in [0.1, 0.15) is 0 Å². The minimum atomic E-state index is -3.43. The van der Waals surface area contributed by atoms with E-state index in [1.165, 1.54) is 0 Å². The summed E-state index contributed by atoms with van der Waals surface area (Å²) < 4.78 is 25.4. The number of rotatable bonds is 4. The minimum absolute atomic E-state index is 0.135. The van der Waals surface area contributed by atoms with Crippen LogP contribution in [-0.4, -0.2) is 25.4 Å². The Kier molecular flexibility index (Phi) is 3.78. The SMILES string of the molecule is O=S(=O)(c1ccccc1)[C@@H]1[C@H](CO)[C@H]1c1ccc(Cl)cc1. The van der Waals surface area contributed by atoms with Gasteiger partial charge in [0.05, 0.1) is 10.1 Å². The Labute approximate surface area is 129 Å². The van der Waals surface area contributed by atoms with Crippen molar-refractivity contribution in [3.05, 3.63) is 65.2 Å². The van der Waals surface area contributed by atoms with E-state index in [1.807, 2.05) is 12.1 Å². The van der Waals surface area contributed by atoms with Gasteiger partial charge in [0.25, 0.3) is 0 Å². The van der Waals surface area contributed by atoms with Crippen molar-refractivity contribution in [2.24, 2.45) is 5.92 Å². The summed E-state index contributed by atoms with van der Waals surface area (Å²) in [4.78, 5) is 0.310. The van der Waals surface area contributed by atoms with Crippen molar-refractivity contribution in [3.63, 3.8) is 0 Å². The molecule has 0 heterocycles. The van der Waals surface area contributed by atoms with Gasteiger partial charge >= 0.3 is 0 Å².